The van der Waals surface area contributed by atoms with Gasteiger partial charge in [-0.2, -0.15) is 11.8 Å². The van der Waals surface area contributed by atoms with Crippen molar-refractivity contribution in [1.29, 1.82) is 0 Å². The van der Waals surface area contributed by atoms with Gasteiger partial charge in [0.2, 0.25) is 0 Å². The van der Waals surface area contributed by atoms with E-state index in [0.717, 1.165) is 41.4 Å². The van der Waals surface area contributed by atoms with E-state index in [2.05, 4.69) is 17.1 Å². The summed E-state index contributed by atoms with van der Waals surface area (Å²) in [6.07, 6.45) is 8.06. The monoisotopic (exact) mass is 510 g/mol. The highest BCUT2D eigenvalue weighted by molar-refractivity contribution is 7.98. The van der Waals surface area contributed by atoms with Gasteiger partial charge in [0, 0.05) is 44.5 Å². The summed E-state index contributed by atoms with van der Waals surface area (Å²) in [4.78, 5) is 4.14. The third kappa shape index (κ3) is 6.89. The molecular weight excluding hydrogens is 487 g/mol. The molecule has 8 heteroatoms. The summed E-state index contributed by atoms with van der Waals surface area (Å²) in [6.45, 7) is 0.594. The van der Waals surface area contributed by atoms with Crippen molar-refractivity contribution in [3.05, 3.63) is 87.4 Å². The van der Waals surface area contributed by atoms with Gasteiger partial charge >= 0.3 is 0 Å². The molecule has 0 radical (unpaired) electrons. The highest BCUT2D eigenvalue weighted by Gasteiger charge is 2.27. The maximum absolute atomic E-state index is 6.51. The molecule has 0 aliphatic carbocycles. The van der Waals surface area contributed by atoms with E-state index in [4.69, 9.17) is 44.3 Å². The summed E-state index contributed by atoms with van der Waals surface area (Å²) in [6, 6.07) is 13.5. The number of ether oxygens (including phenoxy) is 2. The average Bonchev–Trinajstić information content (AvgIpc) is 3.28. The van der Waals surface area contributed by atoms with Crippen LogP contribution in [0, 0.1) is 0 Å². The molecule has 1 unspecified atom stereocenters. The summed E-state index contributed by atoms with van der Waals surface area (Å²) >= 11 is 20.5. The molecular formula is C24H25Cl3N2O2S. The molecule has 4 nitrogen and oxygen atoms in total. The second-order valence-electron chi connectivity index (χ2n) is 7.81. The van der Waals surface area contributed by atoms with Crippen LogP contribution in [0.3, 0.4) is 0 Å². The van der Waals surface area contributed by atoms with Crippen molar-refractivity contribution in [3.63, 3.8) is 0 Å². The molecule has 0 saturated carbocycles. The van der Waals surface area contributed by atoms with Gasteiger partial charge in [0.25, 0.3) is 0 Å². The minimum atomic E-state index is -0.273. The molecule has 0 bridgehead atoms. The molecule has 1 aliphatic heterocycles. The van der Waals surface area contributed by atoms with E-state index in [1.165, 1.54) is 5.56 Å². The Balaban J connectivity index is 1.36. The van der Waals surface area contributed by atoms with E-state index < -0.39 is 0 Å². The molecule has 1 aromatic heterocycles. The van der Waals surface area contributed by atoms with Crippen LogP contribution in [0.5, 0.6) is 0 Å². The molecule has 0 amide bonds. The lowest BCUT2D eigenvalue weighted by Crippen LogP contribution is -2.33. The summed E-state index contributed by atoms with van der Waals surface area (Å²) in [5.74, 6) is 1.86. The Hall–Kier alpha value is -1.21. The van der Waals surface area contributed by atoms with Crippen LogP contribution in [0.4, 0.5) is 0 Å². The molecule has 32 heavy (non-hydrogen) atoms. The van der Waals surface area contributed by atoms with Crippen LogP contribution < -0.4 is 0 Å². The fourth-order valence-corrected chi connectivity index (χ4v) is 5.43. The third-order valence-electron chi connectivity index (χ3n) is 5.36. The molecule has 2 heterocycles. The molecule has 0 N–H and O–H groups in total. The lowest BCUT2D eigenvalue weighted by atomic mass is 10.1. The largest absolute Gasteiger partial charge is 0.349 e. The van der Waals surface area contributed by atoms with Crippen molar-refractivity contribution < 1.29 is 9.47 Å². The van der Waals surface area contributed by atoms with Gasteiger partial charge in [-0.25, -0.2) is 4.98 Å². The Labute approximate surface area is 208 Å². The molecule has 3 aromatic rings. The first-order valence-corrected chi connectivity index (χ1v) is 12.9. The highest BCUT2D eigenvalue weighted by Crippen LogP contribution is 2.33. The Bertz CT molecular complexity index is 985. The number of hydrogen-bond donors (Lipinski definition) is 0. The molecule has 4 rings (SSSR count). The van der Waals surface area contributed by atoms with Crippen molar-refractivity contribution in [1.82, 2.24) is 9.55 Å². The second kappa shape index (κ2) is 11.8. The SMILES string of the molecule is Clc1ccc(CSC[C@H]2CCC[C@H](OC(Cn3ccnc3)c3ccc(Cl)cc3Cl)O2)cc1. The number of benzene rings is 2. The minimum Gasteiger partial charge on any atom is -0.349 e. The lowest BCUT2D eigenvalue weighted by molar-refractivity contribution is -0.213. The average molecular weight is 512 g/mol. The maximum atomic E-state index is 6.51. The predicted molar refractivity (Wildman–Crippen MR) is 133 cm³/mol. The zero-order chi connectivity index (χ0) is 22.3. The Morgan fingerprint density at radius 2 is 1.91 bits per heavy atom. The number of rotatable bonds is 9. The number of imidazole rings is 1. The standard InChI is InChI=1S/C24H25Cl3N2O2S/c25-18-6-4-17(5-7-18)14-32-15-20-2-1-3-24(30-20)31-23(13-29-11-10-28-16-29)21-9-8-19(26)12-22(21)27/h4-12,16,20,23-24H,1-3,13-15H2/t20-,23?,24+/m1/s1. The van der Waals surface area contributed by atoms with Crippen LogP contribution in [0.25, 0.3) is 0 Å². The number of nitrogens with zero attached hydrogens (tertiary/aromatic N) is 2. The maximum Gasteiger partial charge on any atom is 0.158 e. The van der Waals surface area contributed by atoms with Gasteiger partial charge in [0.1, 0.15) is 6.10 Å². The van der Waals surface area contributed by atoms with E-state index in [1.807, 2.05) is 46.8 Å². The third-order valence-corrected chi connectivity index (χ3v) is 7.32. The van der Waals surface area contributed by atoms with Gasteiger partial charge in [0.15, 0.2) is 6.29 Å². The molecule has 1 fully saturated rings. The van der Waals surface area contributed by atoms with Gasteiger partial charge in [-0.3, -0.25) is 0 Å². The quantitative estimate of drug-likeness (QED) is 0.299. The number of hydrogen-bond acceptors (Lipinski definition) is 4. The van der Waals surface area contributed by atoms with Gasteiger partial charge < -0.3 is 14.0 Å². The predicted octanol–water partition coefficient (Wildman–Crippen LogP) is 7.43. The minimum absolute atomic E-state index is 0.167. The molecule has 1 saturated heterocycles. The van der Waals surface area contributed by atoms with Gasteiger partial charge in [-0.05, 0) is 49.1 Å². The molecule has 3 atom stereocenters. The Kier molecular flexibility index (Phi) is 8.81. The van der Waals surface area contributed by atoms with Crippen molar-refractivity contribution in [2.75, 3.05) is 5.75 Å². The van der Waals surface area contributed by atoms with Crippen molar-refractivity contribution >= 4 is 46.6 Å². The first kappa shape index (κ1) is 23.9. The van der Waals surface area contributed by atoms with Crippen LogP contribution in [0.2, 0.25) is 15.1 Å². The summed E-state index contributed by atoms with van der Waals surface area (Å²) < 4.78 is 14.8. The molecule has 2 aromatic carbocycles. The summed E-state index contributed by atoms with van der Waals surface area (Å²) in [5, 5.41) is 1.96. The van der Waals surface area contributed by atoms with E-state index in [-0.39, 0.29) is 18.5 Å². The normalized spacial score (nSPS) is 19.7. The van der Waals surface area contributed by atoms with Crippen LogP contribution in [0.15, 0.2) is 61.2 Å². The van der Waals surface area contributed by atoms with Crippen LogP contribution in [-0.2, 0) is 21.8 Å². The fraction of sp³-hybridized carbons (Fsp3) is 0.375. The number of aromatic nitrogens is 2. The van der Waals surface area contributed by atoms with Crippen LogP contribution in [-0.4, -0.2) is 27.7 Å². The van der Waals surface area contributed by atoms with Crippen LogP contribution in [0.1, 0.15) is 36.5 Å². The van der Waals surface area contributed by atoms with Gasteiger partial charge in [-0.15, -0.1) is 0 Å². The zero-order valence-corrected chi connectivity index (χ0v) is 20.6. The van der Waals surface area contributed by atoms with Gasteiger partial charge in [-0.1, -0.05) is 53.0 Å². The first-order valence-electron chi connectivity index (χ1n) is 10.6. The highest BCUT2D eigenvalue weighted by atomic mass is 35.5. The van der Waals surface area contributed by atoms with Crippen molar-refractivity contribution in [3.8, 4) is 0 Å². The second-order valence-corrected chi connectivity index (χ2v) is 10.1. The zero-order valence-electron chi connectivity index (χ0n) is 17.5. The smallest absolute Gasteiger partial charge is 0.158 e. The summed E-state index contributed by atoms with van der Waals surface area (Å²) in [5.41, 5.74) is 2.16. The van der Waals surface area contributed by atoms with E-state index >= 15 is 0 Å². The van der Waals surface area contributed by atoms with E-state index in [0.29, 0.717) is 16.6 Å². The molecule has 1 aliphatic rings. The summed E-state index contributed by atoms with van der Waals surface area (Å²) in [7, 11) is 0. The van der Waals surface area contributed by atoms with Crippen LogP contribution >= 0.6 is 46.6 Å². The lowest BCUT2D eigenvalue weighted by Gasteiger charge is -2.33. The molecule has 170 valence electrons. The van der Waals surface area contributed by atoms with E-state index in [9.17, 15) is 0 Å². The molecule has 0 spiro atoms. The Morgan fingerprint density at radius 3 is 2.66 bits per heavy atom. The van der Waals surface area contributed by atoms with Gasteiger partial charge in [0.05, 0.1) is 19.0 Å². The first-order chi connectivity index (χ1) is 15.6. The van der Waals surface area contributed by atoms with E-state index in [1.54, 1.807) is 18.6 Å². The number of halogens is 3. The Morgan fingerprint density at radius 1 is 1.09 bits per heavy atom. The fourth-order valence-electron chi connectivity index (χ4n) is 3.72. The number of thioether (sulfide) groups is 1. The topological polar surface area (TPSA) is 36.3 Å². The van der Waals surface area contributed by atoms with Crippen molar-refractivity contribution in [2.45, 2.75) is 50.1 Å². The van der Waals surface area contributed by atoms with Crippen molar-refractivity contribution in [2.24, 2.45) is 0 Å².